The van der Waals surface area contributed by atoms with Crippen molar-refractivity contribution in [3.8, 4) is 0 Å². The average molecular weight is 438 g/mol. The Morgan fingerprint density at radius 1 is 1.00 bits per heavy atom. The zero-order valence-electron chi connectivity index (χ0n) is 15.5. The lowest BCUT2D eigenvalue weighted by Crippen LogP contribution is -2.51. The van der Waals surface area contributed by atoms with Crippen LogP contribution in [0.25, 0.3) is 0 Å². The molecular formula is C19H24Cl2F3N3O. The summed E-state index contributed by atoms with van der Waals surface area (Å²) in [6.07, 6.45) is -3.19. The zero-order chi connectivity index (χ0) is 20.3. The Labute approximate surface area is 173 Å². The lowest BCUT2D eigenvalue weighted by Gasteiger charge is -2.38. The maximum atomic E-state index is 12.7. The van der Waals surface area contributed by atoms with E-state index < -0.39 is 12.7 Å². The first kappa shape index (κ1) is 21.7. The van der Waals surface area contributed by atoms with Crippen molar-refractivity contribution >= 4 is 29.1 Å². The standard InChI is InChI=1S/C19H24Cl2F3N3O/c20-16-3-1-2-15(17(16)21)12-25-8-10-27(11-9-25)18(28)14-4-6-26(7-5-14)13-19(22,23)24/h1-3,14H,4-13H2. The first-order valence-corrected chi connectivity index (χ1v) is 10.2. The van der Waals surface area contributed by atoms with E-state index in [4.69, 9.17) is 23.2 Å². The number of piperidine rings is 1. The Balaban J connectivity index is 1.45. The summed E-state index contributed by atoms with van der Waals surface area (Å²) in [4.78, 5) is 18.2. The normalized spacial score (nSPS) is 20.5. The number of hydrogen-bond donors (Lipinski definition) is 0. The van der Waals surface area contributed by atoms with Crippen LogP contribution in [0.5, 0.6) is 0 Å². The van der Waals surface area contributed by atoms with Crippen LogP contribution in [0.4, 0.5) is 13.2 Å². The molecule has 4 nitrogen and oxygen atoms in total. The Hall–Kier alpha value is -1.02. The fraction of sp³-hybridized carbons (Fsp3) is 0.632. The summed E-state index contributed by atoms with van der Waals surface area (Å²) in [5, 5.41) is 1.10. The van der Waals surface area contributed by atoms with Gasteiger partial charge in [-0.2, -0.15) is 13.2 Å². The number of rotatable bonds is 4. The Kier molecular flexibility index (Phi) is 7.12. The minimum Gasteiger partial charge on any atom is -0.340 e. The molecule has 2 fully saturated rings. The van der Waals surface area contributed by atoms with Crippen molar-refractivity contribution in [3.05, 3.63) is 33.8 Å². The summed E-state index contributed by atoms with van der Waals surface area (Å²) in [6.45, 7) is 3.16. The summed E-state index contributed by atoms with van der Waals surface area (Å²) >= 11 is 12.3. The van der Waals surface area contributed by atoms with Gasteiger partial charge in [0.1, 0.15) is 0 Å². The minimum atomic E-state index is -4.18. The Bertz CT molecular complexity index is 685. The third-order valence-corrected chi connectivity index (χ3v) is 6.31. The van der Waals surface area contributed by atoms with Crippen LogP contribution >= 0.6 is 23.2 Å². The van der Waals surface area contributed by atoms with Crippen LogP contribution in [-0.4, -0.2) is 72.6 Å². The lowest BCUT2D eigenvalue weighted by molar-refractivity contribution is -0.151. The van der Waals surface area contributed by atoms with Gasteiger partial charge in [-0.05, 0) is 37.6 Å². The quantitative estimate of drug-likeness (QED) is 0.714. The topological polar surface area (TPSA) is 26.8 Å². The van der Waals surface area contributed by atoms with Crippen molar-refractivity contribution < 1.29 is 18.0 Å². The van der Waals surface area contributed by atoms with Crippen LogP contribution in [0.1, 0.15) is 18.4 Å². The lowest BCUT2D eigenvalue weighted by atomic mass is 9.95. The van der Waals surface area contributed by atoms with Gasteiger partial charge in [-0.25, -0.2) is 0 Å². The number of nitrogens with zero attached hydrogens (tertiary/aromatic N) is 3. The highest BCUT2D eigenvalue weighted by Gasteiger charge is 2.35. The van der Waals surface area contributed by atoms with Gasteiger partial charge in [0.15, 0.2) is 0 Å². The molecule has 1 aromatic carbocycles. The molecule has 0 aromatic heterocycles. The van der Waals surface area contributed by atoms with Gasteiger partial charge in [0.2, 0.25) is 5.91 Å². The second-order valence-corrected chi connectivity index (χ2v) is 8.27. The summed E-state index contributed by atoms with van der Waals surface area (Å²) in [7, 11) is 0. The van der Waals surface area contributed by atoms with E-state index in [1.54, 1.807) is 6.07 Å². The maximum Gasteiger partial charge on any atom is 0.401 e. The monoisotopic (exact) mass is 437 g/mol. The minimum absolute atomic E-state index is 0.0760. The van der Waals surface area contributed by atoms with Gasteiger partial charge in [-0.15, -0.1) is 0 Å². The predicted molar refractivity (Wildman–Crippen MR) is 104 cm³/mol. The number of halogens is 5. The molecule has 0 radical (unpaired) electrons. The highest BCUT2D eigenvalue weighted by atomic mass is 35.5. The first-order valence-electron chi connectivity index (χ1n) is 9.46. The van der Waals surface area contributed by atoms with Crippen LogP contribution in [0.3, 0.4) is 0 Å². The molecule has 3 rings (SSSR count). The predicted octanol–water partition coefficient (Wildman–Crippen LogP) is 3.91. The summed E-state index contributed by atoms with van der Waals surface area (Å²) in [5.74, 6) is -0.0921. The van der Waals surface area contributed by atoms with Crippen LogP contribution in [0.2, 0.25) is 10.0 Å². The molecule has 0 N–H and O–H groups in total. The molecule has 1 aromatic rings. The molecule has 9 heteroatoms. The molecule has 0 atom stereocenters. The molecule has 2 aliphatic rings. The molecule has 0 bridgehead atoms. The maximum absolute atomic E-state index is 12.7. The van der Waals surface area contributed by atoms with Gasteiger partial charge in [0.25, 0.3) is 0 Å². The molecule has 2 saturated heterocycles. The third kappa shape index (κ3) is 5.75. The van der Waals surface area contributed by atoms with Crippen molar-refractivity contribution in [3.63, 3.8) is 0 Å². The van der Waals surface area contributed by atoms with Crippen molar-refractivity contribution in [2.45, 2.75) is 25.6 Å². The highest BCUT2D eigenvalue weighted by molar-refractivity contribution is 6.42. The summed E-state index contributed by atoms with van der Waals surface area (Å²) in [6, 6.07) is 5.57. The molecule has 1 amide bonds. The Morgan fingerprint density at radius 3 is 2.25 bits per heavy atom. The smallest absolute Gasteiger partial charge is 0.340 e. The number of alkyl halides is 3. The van der Waals surface area contributed by atoms with E-state index in [0.717, 1.165) is 18.7 Å². The third-order valence-electron chi connectivity index (χ3n) is 5.45. The number of amides is 1. The molecule has 0 saturated carbocycles. The van der Waals surface area contributed by atoms with E-state index in [9.17, 15) is 18.0 Å². The number of carbonyl (C=O) groups excluding carboxylic acids is 1. The number of likely N-dealkylation sites (tertiary alicyclic amines) is 1. The highest BCUT2D eigenvalue weighted by Crippen LogP contribution is 2.27. The van der Waals surface area contributed by atoms with Gasteiger partial charge in [-0.1, -0.05) is 35.3 Å². The Morgan fingerprint density at radius 2 is 1.64 bits per heavy atom. The van der Waals surface area contributed by atoms with E-state index >= 15 is 0 Å². The van der Waals surface area contributed by atoms with Crippen molar-refractivity contribution in [2.24, 2.45) is 5.92 Å². The molecule has 28 heavy (non-hydrogen) atoms. The van der Waals surface area contributed by atoms with Crippen LogP contribution in [-0.2, 0) is 11.3 Å². The summed E-state index contributed by atoms with van der Waals surface area (Å²) < 4.78 is 37.5. The summed E-state index contributed by atoms with van der Waals surface area (Å²) in [5.41, 5.74) is 0.964. The second-order valence-electron chi connectivity index (χ2n) is 7.48. The largest absolute Gasteiger partial charge is 0.401 e. The fourth-order valence-corrected chi connectivity index (χ4v) is 4.27. The SMILES string of the molecule is O=C(C1CCN(CC(F)(F)F)CC1)N1CCN(Cc2cccc(Cl)c2Cl)CC1. The molecule has 2 heterocycles. The van der Waals surface area contributed by atoms with Gasteiger partial charge in [0.05, 0.1) is 16.6 Å². The molecule has 0 spiro atoms. The zero-order valence-corrected chi connectivity index (χ0v) is 17.0. The van der Waals surface area contributed by atoms with Crippen molar-refractivity contribution in [1.82, 2.24) is 14.7 Å². The van der Waals surface area contributed by atoms with E-state index in [-0.39, 0.29) is 11.8 Å². The first-order chi connectivity index (χ1) is 13.2. The second kappa shape index (κ2) is 9.20. The van der Waals surface area contributed by atoms with Crippen molar-refractivity contribution in [2.75, 3.05) is 45.8 Å². The number of piperazine rings is 1. The van der Waals surface area contributed by atoms with Crippen molar-refractivity contribution in [1.29, 1.82) is 0 Å². The van der Waals surface area contributed by atoms with E-state index in [0.29, 0.717) is 55.6 Å². The number of benzene rings is 1. The molecule has 156 valence electrons. The average Bonchev–Trinajstić information content (AvgIpc) is 2.65. The van der Waals surface area contributed by atoms with Crippen LogP contribution in [0, 0.1) is 5.92 Å². The van der Waals surface area contributed by atoms with E-state index in [2.05, 4.69) is 4.90 Å². The van der Waals surface area contributed by atoms with Crippen LogP contribution < -0.4 is 0 Å². The van der Waals surface area contributed by atoms with Gasteiger partial charge >= 0.3 is 6.18 Å². The number of carbonyl (C=O) groups is 1. The van der Waals surface area contributed by atoms with E-state index in [1.165, 1.54) is 4.90 Å². The molecular weight excluding hydrogens is 414 g/mol. The number of hydrogen-bond acceptors (Lipinski definition) is 3. The van der Waals surface area contributed by atoms with Gasteiger partial charge in [0, 0.05) is 38.6 Å². The molecule has 0 unspecified atom stereocenters. The van der Waals surface area contributed by atoms with Gasteiger partial charge < -0.3 is 4.90 Å². The molecule has 2 aliphatic heterocycles. The van der Waals surface area contributed by atoms with E-state index in [1.807, 2.05) is 17.0 Å². The fourth-order valence-electron chi connectivity index (χ4n) is 3.89. The molecule has 0 aliphatic carbocycles. The van der Waals surface area contributed by atoms with Crippen LogP contribution in [0.15, 0.2) is 18.2 Å². The van der Waals surface area contributed by atoms with Gasteiger partial charge in [-0.3, -0.25) is 14.6 Å².